The number of oxazole rings is 1. The second-order valence-corrected chi connectivity index (χ2v) is 2.35. The predicted octanol–water partition coefficient (Wildman–Crippen LogP) is 0.326. The molecule has 54 valence electrons. The lowest BCUT2D eigenvalue weighted by Gasteiger charge is -2.09. The maximum Gasteiger partial charge on any atom is 0.418 e. The zero-order chi connectivity index (χ0) is 6.97. The van der Waals surface area contributed by atoms with Crippen LogP contribution in [0.25, 0.3) is 0 Å². The zero-order valence-corrected chi connectivity index (χ0v) is 5.44. The van der Waals surface area contributed by atoms with Gasteiger partial charge in [0.1, 0.15) is 0 Å². The maximum absolute atomic E-state index is 10.6. The molecule has 0 bridgehead atoms. The Balaban J connectivity index is 2.50. The Morgan fingerprint density at radius 1 is 1.50 bits per heavy atom. The smallest absolute Gasteiger partial charge is 0.392 e. The third kappa shape index (κ3) is 0.725. The van der Waals surface area contributed by atoms with Gasteiger partial charge >= 0.3 is 5.76 Å². The summed E-state index contributed by atoms with van der Waals surface area (Å²) in [7, 11) is 0. The number of fused-ring (bicyclic) bond motifs is 1. The third-order valence-corrected chi connectivity index (χ3v) is 1.61. The van der Waals surface area contributed by atoms with E-state index in [1.165, 1.54) is 0 Å². The molecule has 1 aliphatic heterocycles. The number of anilines is 1. The number of H-pyrrole nitrogens is 1. The molecular weight excluding hydrogens is 132 g/mol. The summed E-state index contributed by atoms with van der Waals surface area (Å²) in [6.45, 7) is 0.897. The quantitative estimate of drug-likeness (QED) is 0.545. The normalized spacial score (nSPS) is 16.0. The SMILES string of the molecule is O=c1[nH]c2c(o1)NCCC2. The van der Waals surface area contributed by atoms with Gasteiger partial charge in [-0.1, -0.05) is 0 Å². The van der Waals surface area contributed by atoms with E-state index < -0.39 is 0 Å². The van der Waals surface area contributed by atoms with Crippen LogP contribution >= 0.6 is 0 Å². The first-order valence-corrected chi connectivity index (χ1v) is 3.32. The van der Waals surface area contributed by atoms with Crippen LogP contribution in [0.15, 0.2) is 9.21 Å². The molecule has 1 aliphatic rings. The Bertz CT molecular complexity index is 260. The van der Waals surface area contributed by atoms with Crippen molar-refractivity contribution in [1.82, 2.24) is 4.98 Å². The van der Waals surface area contributed by atoms with Gasteiger partial charge in [-0.05, 0) is 12.8 Å². The summed E-state index contributed by atoms with van der Waals surface area (Å²) in [5, 5.41) is 2.99. The molecule has 0 amide bonds. The minimum atomic E-state index is -0.362. The first-order chi connectivity index (χ1) is 4.86. The van der Waals surface area contributed by atoms with Crippen LogP contribution in [-0.4, -0.2) is 11.5 Å². The second kappa shape index (κ2) is 1.90. The molecule has 1 aromatic heterocycles. The molecule has 0 radical (unpaired) electrons. The van der Waals surface area contributed by atoms with E-state index in [9.17, 15) is 4.79 Å². The topological polar surface area (TPSA) is 58.0 Å². The molecule has 4 heteroatoms. The van der Waals surface area contributed by atoms with Crippen molar-refractivity contribution in [2.75, 3.05) is 11.9 Å². The van der Waals surface area contributed by atoms with E-state index in [1.54, 1.807) is 0 Å². The highest BCUT2D eigenvalue weighted by Gasteiger charge is 2.12. The van der Waals surface area contributed by atoms with Crippen LogP contribution in [0.3, 0.4) is 0 Å². The maximum atomic E-state index is 10.6. The lowest BCUT2D eigenvalue weighted by atomic mass is 10.2. The molecule has 1 aromatic rings. The van der Waals surface area contributed by atoms with Crippen LogP contribution in [0.1, 0.15) is 12.1 Å². The standard InChI is InChI=1S/C6H8N2O2/c9-6-8-4-2-1-3-7-5(4)10-6/h7H,1-3H2,(H,8,9). The average Bonchev–Trinajstić information content (AvgIpc) is 2.27. The lowest BCUT2D eigenvalue weighted by molar-refractivity contribution is 0.523. The van der Waals surface area contributed by atoms with Gasteiger partial charge in [0.25, 0.3) is 0 Å². The van der Waals surface area contributed by atoms with Crippen LogP contribution in [0.5, 0.6) is 0 Å². The molecule has 0 atom stereocenters. The fraction of sp³-hybridized carbons (Fsp3) is 0.500. The van der Waals surface area contributed by atoms with Crippen LogP contribution in [0.2, 0.25) is 0 Å². The molecule has 0 saturated heterocycles. The third-order valence-electron chi connectivity index (χ3n) is 1.61. The molecule has 0 spiro atoms. The minimum absolute atomic E-state index is 0.362. The number of hydrogen-bond donors (Lipinski definition) is 2. The molecular formula is C6H8N2O2. The van der Waals surface area contributed by atoms with Crippen LogP contribution < -0.4 is 11.1 Å². The van der Waals surface area contributed by atoms with Crippen LogP contribution in [-0.2, 0) is 6.42 Å². The molecule has 0 aliphatic carbocycles. The van der Waals surface area contributed by atoms with Crippen molar-refractivity contribution in [3.05, 3.63) is 16.2 Å². The van der Waals surface area contributed by atoms with Crippen LogP contribution in [0, 0.1) is 0 Å². The fourth-order valence-corrected chi connectivity index (χ4v) is 1.15. The van der Waals surface area contributed by atoms with Gasteiger partial charge in [-0.25, -0.2) is 4.79 Å². The first kappa shape index (κ1) is 5.58. The first-order valence-electron chi connectivity index (χ1n) is 3.32. The molecule has 10 heavy (non-hydrogen) atoms. The monoisotopic (exact) mass is 140 g/mol. The number of aromatic amines is 1. The Morgan fingerprint density at radius 3 is 3.20 bits per heavy atom. The molecule has 0 fully saturated rings. The Hall–Kier alpha value is -1.19. The van der Waals surface area contributed by atoms with Crippen LogP contribution in [0.4, 0.5) is 5.88 Å². The Morgan fingerprint density at radius 2 is 2.40 bits per heavy atom. The predicted molar refractivity (Wildman–Crippen MR) is 36.1 cm³/mol. The highest BCUT2D eigenvalue weighted by molar-refractivity contribution is 5.38. The van der Waals surface area contributed by atoms with E-state index in [1.807, 2.05) is 0 Å². The summed E-state index contributed by atoms with van der Waals surface area (Å²) < 4.78 is 4.78. The van der Waals surface area contributed by atoms with Gasteiger partial charge in [0.2, 0.25) is 5.88 Å². The summed E-state index contributed by atoms with van der Waals surface area (Å²) in [6, 6.07) is 0. The fourth-order valence-electron chi connectivity index (χ4n) is 1.15. The van der Waals surface area contributed by atoms with E-state index in [2.05, 4.69) is 10.3 Å². The molecule has 0 saturated carbocycles. The van der Waals surface area contributed by atoms with Gasteiger partial charge < -0.3 is 9.73 Å². The van der Waals surface area contributed by atoms with Crippen molar-refractivity contribution in [2.45, 2.75) is 12.8 Å². The number of hydrogen-bond acceptors (Lipinski definition) is 3. The lowest BCUT2D eigenvalue weighted by Crippen LogP contribution is -2.10. The van der Waals surface area contributed by atoms with E-state index in [0.29, 0.717) is 5.88 Å². The average molecular weight is 140 g/mol. The van der Waals surface area contributed by atoms with Gasteiger partial charge in [0, 0.05) is 6.54 Å². The number of aryl methyl sites for hydroxylation is 1. The van der Waals surface area contributed by atoms with E-state index in [0.717, 1.165) is 25.1 Å². The number of nitrogens with one attached hydrogen (secondary N) is 2. The summed E-state index contributed by atoms with van der Waals surface area (Å²) in [5.74, 6) is 0.260. The summed E-state index contributed by atoms with van der Waals surface area (Å²) in [4.78, 5) is 13.2. The Kier molecular flexibility index (Phi) is 1.06. The van der Waals surface area contributed by atoms with E-state index in [-0.39, 0.29) is 5.76 Å². The minimum Gasteiger partial charge on any atom is -0.392 e. The van der Waals surface area contributed by atoms with Crippen molar-refractivity contribution >= 4 is 5.88 Å². The van der Waals surface area contributed by atoms with Gasteiger partial charge in [-0.2, -0.15) is 0 Å². The zero-order valence-electron chi connectivity index (χ0n) is 5.44. The van der Waals surface area contributed by atoms with Gasteiger partial charge in [-0.3, -0.25) is 4.98 Å². The molecule has 2 rings (SSSR count). The summed E-state index contributed by atoms with van der Waals surface area (Å²) >= 11 is 0. The largest absolute Gasteiger partial charge is 0.418 e. The van der Waals surface area contributed by atoms with E-state index in [4.69, 9.17) is 4.42 Å². The summed E-state index contributed by atoms with van der Waals surface area (Å²) in [6.07, 6.45) is 1.97. The van der Waals surface area contributed by atoms with Crippen molar-refractivity contribution in [1.29, 1.82) is 0 Å². The van der Waals surface area contributed by atoms with Crippen molar-refractivity contribution in [3.8, 4) is 0 Å². The molecule has 4 nitrogen and oxygen atoms in total. The van der Waals surface area contributed by atoms with Crippen molar-refractivity contribution < 1.29 is 4.42 Å². The Labute approximate surface area is 57.2 Å². The number of aromatic nitrogens is 1. The van der Waals surface area contributed by atoms with Crippen molar-refractivity contribution in [3.63, 3.8) is 0 Å². The molecule has 0 unspecified atom stereocenters. The highest BCUT2D eigenvalue weighted by Crippen LogP contribution is 2.16. The highest BCUT2D eigenvalue weighted by atomic mass is 16.4. The van der Waals surface area contributed by atoms with Gasteiger partial charge in [0.05, 0.1) is 5.69 Å². The molecule has 0 aromatic carbocycles. The second-order valence-electron chi connectivity index (χ2n) is 2.35. The van der Waals surface area contributed by atoms with Gasteiger partial charge in [0.15, 0.2) is 0 Å². The van der Waals surface area contributed by atoms with Crippen molar-refractivity contribution in [2.24, 2.45) is 0 Å². The number of rotatable bonds is 0. The summed E-state index contributed by atoms with van der Waals surface area (Å²) in [5.41, 5.74) is 0.899. The molecule has 2 N–H and O–H groups in total. The van der Waals surface area contributed by atoms with Gasteiger partial charge in [-0.15, -0.1) is 0 Å². The molecule has 2 heterocycles. The van der Waals surface area contributed by atoms with E-state index >= 15 is 0 Å².